The standard InChI is InChI=1S/C15H20N6O3S/c1-2-21-12(9-5-6-9)17-20-15(21)25-8-11(22)16-14-19-18-13(24-14)10-4-3-7-23-10/h9-10H,2-8H2,1H3,(H,16,19,22)/t10-/m0/s1. The van der Waals surface area contributed by atoms with Crippen LogP contribution in [-0.4, -0.2) is 43.2 Å². The maximum Gasteiger partial charge on any atom is 0.322 e. The summed E-state index contributed by atoms with van der Waals surface area (Å²) in [5.41, 5.74) is 0. The topological polar surface area (TPSA) is 108 Å². The Kier molecular flexibility index (Phi) is 4.71. The average molecular weight is 364 g/mol. The molecule has 25 heavy (non-hydrogen) atoms. The summed E-state index contributed by atoms with van der Waals surface area (Å²) in [6.45, 7) is 3.56. The van der Waals surface area contributed by atoms with Crippen molar-refractivity contribution in [3.05, 3.63) is 11.7 Å². The Morgan fingerprint density at radius 2 is 2.16 bits per heavy atom. The third-order valence-electron chi connectivity index (χ3n) is 4.23. The number of nitrogens with zero attached hydrogens (tertiary/aromatic N) is 5. The summed E-state index contributed by atoms with van der Waals surface area (Å²) in [6, 6.07) is 0.103. The van der Waals surface area contributed by atoms with Gasteiger partial charge in [0.25, 0.3) is 0 Å². The van der Waals surface area contributed by atoms with Gasteiger partial charge in [0.1, 0.15) is 11.9 Å². The smallest absolute Gasteiger partial charge is 0.322 e. The van der Waals surface area contributed by atoms with Crippen LogP contribution >= 0.6 is 11.8 Å². The van der Waals surface area contributed by atoms with Gasteiger partial charge >= 0.3 is 6.01 Å². The van der Waals surface area contributed by atoms with Crippen LogP contribution in [0.1, 0.15) is 56.3 Å². The predicted octanol–water partition coefficient (Wildman–Crippen LogP) is 2.14. The zero-order chi connectivity index (χ0) is 17.2. The minimum absolute atomic E-state index is 0.103. The SMILES string of the molecule is CCn1c(SCC(=O)Nc2nnc([C@@H]3CCCO3)o2)nnc1C1CC1. The van der Waals surface area contributed by atoms with Crippen molar-refractivity contribution >= 4 is 23.7 Å². The van der Waals surface area contributed by atoms with Crippen molar-refractivity contribution in [2.75, 3.05) is 17.7 Å². The summed E-state index contributed by atoms with van der Waals surface area (Å²) in [5, 5.41) is 19.7. The molecule has 10 heteroatoms. The van der Waals surface area contributed by atoms with Crippen LogP contribution in [0.25, 0.3) is 0 Å². The summed E-state index contributed by atoms with van der Waals surface area (Å²) in [7, 11) is 0. The normalized spacial score (nSPS) is 20.1. The molecular weight excluding hydrogens is 344 g/mol. The Bertz CT molecular complexity index is 750. The molecule has 2 fully saturated rings. The lowest BCUT2D eigenvalue weighted by Gasteiger charge is -2.06. The molecule has 1 saturated heterocycles. The van der Waals surface area contributed by atoms with Crippen molar-refractivity contribution < 1.29 is 13.9 Å². The molecule has 0 aromatic carbocycles. The highest BCUT2D eigenvalue weighted by Gasteiger charge is 2.30. The molecule has 3 heterocycles. The number of nitrogens with one attached hydrogen (secondary N) is 1. The molecule has 1 aliphatic heterocycles. The molecule has 1 atom stereocenters. The highest BCUT2D eigenvalue weighted by Crippen LogP contribution is 2.40. The minimum Gasteiger partial charge on any atom is -0.405 e. The maximum absolute atomic E-state index is 12.1. The molecule has 2 aromatic rings. The number of rotatable bonds is 7. The molecule has 1 aliphatic carbocycles. The van der Waals surface area contributed by atoms with E-state index in [4.69, 9.17) is 9.15 Å². The number of thioether (sulfide) groups is 1. The van der Waals surface area contributed by atoms with Crippen molar-refractivity contribution in [2.45, 2.75) is 56.3 Å². The molecule has 2 aliphatic rings. The first-order chi connectivity index (χ1) is 12.2. The average Bonchev–Trinajstić information content (AvgIpc) is 3.05. The highest BCUT2D eigenvalue weighted by molar-refractivity contribution is 7.99. The van der Waals surface area contributed by atoms with Crippen LogP contribution in [0.4, 0.5) is 6.01 Å². The summed E-state index contributed by atoms with van der Waals surface area (Å²) in [5.74, 6) is 1.97. The van der Waals surface area contributed by atoms with Gasteiger partial charge in [-0.15, -0.1) is 15.3 Å². The number of hydrogen-bond donors (Lipinski definition) is 1. The molecule has 1 N–H and O–H groups in total. The molecular formula is C15H20N6O3S. The lowest BCUT2D eigenvalue weighted by Crippen LogP contribution is -2.15. The molecule has 4 rings (SSSR count). The van der Waals surface area contributed by atoms with E-state index in [2.05, 4.69) is 37.2 Å². The van der Waals surface area contributed by atoms with Crippen LogP contribution in [0, 0.1) is 0 Å². The molecule has 134 valence electrons. The molecule has 2 aromatic heterocycles. The second-order valence-electron chi connectivity index (χ2n) is 6.14. The van der Waals surface area contributed by atoms with Gasteiger partial charge < -0.3 is 13.7 Å². The monoisotopic (exact) mass is 364 g/mol. The zero-order valence-electron chi connectivity index (χ0n) is 14.0. The number of ether oxygens (including phenoxy) is 1. The van der Waals surface area contributed by atoms with Gasteiger partial charge in [0.05, 0.1) is 5.75 Å². The summed E-state index contributed by atoms with van der Waals surface area (Å²) in [4.78, 5) is 12.1. The second kappa shape index (κ2) is 7.12. The fourth-order valence-electron chi connectivity index (χ4n) is 2.82. The fraction of sp³-hybridized carbons (Fsp3) is 0.667. The first-order valence-electron chi connectivity index (χ1n) is 8.55. The van der Waals surface area contributed by atoms with E-state index in [-0.39, 0.29) is 23.8 Å². The number of hydrogen-bond acceptors (Lipinski definition) is 8. The minimum atomic E-state index is -0.217. The van der Waals surface area contributed by atoms with Crippen molar-refractivity contribution in [3.63, 3.8) is 0 Å². The van der Waals surface area contributed by atoms with Gasteiger partial charge in [-0.2, -0.15) is 0 Å². The van der Waals surface area contributed by atoms with Gasteiger partial charge in [-0.3, -0.25) is 10.1 Å². The van der Waals surface area contributed by atoms with Crippen molar-refractivity contribution in [1.82, 2.24) is 25.0 Å². The Balaban J connectivity index is 1.32. The lowest BCUT2D eigenvalue weighted by molar-refractivity contribution is -0.113. The van der Waals surface area contributed by atoms with Crippen molar-refractivity contribution in [3.8, 4) is 0 Å². The number of carbonyl (C=O) groups is 1. The summed E-state index contributed by atoms with van der Waals surface area (Å²) >= 11 is 1.36. The second-order valence-corrected chi connectivity index (χ2v) is 7.09. The number of aromatic nitrogens is 5. The van der Waals surface area contributed by atoms with Gasteiger partial charge in [0, 0.05) is 19.1 Å². The molecule has 1 saturated carbocycles. The van der Waals surface area contributed by atoms with Gasteiger partial charge in [-0.25, -0.2) is 0 Å². The van der Waals surface area contributed by atoms with Gasteiger partial charge in [0.15, 0.2) is 5.16 Å². The van der Waals surface area contributed by atoms with Gasteiger partial charge in [-0.1, -0.05) is 16.9 Å². The Hall–Kier alpha value is -1.94. The molecule has 0 bridgehead atoms. The largest absolute Gasteiger partial charge is 0.405 e. The number of carbonyl (C=O) groups excluding carboxylic acids is 1. The van der Waals surface area contributed by atoms with Crippen LogP contribution in [0.2, 0.25) is 0 Å². The van der Waals surface area contributed by atoms with E-state index in [9.17, 15) is 4.79 Å². The zero-order valence-corrected chi connectivity index (χ0v) is 14.8. The van der Waals surface area contributed by atoms with Crippen LogP contribution in [0.5, 0.6) is 0 Å². The van der Waals surface area contributed by atoms with E-state index in [1.807, 2.05) is 0 Å². The van der Waals surface area contributed by atoms with Crippen LogP contribution in [0.15, 0.2) is 9.57 Å². The third-order valence-corrected chi connectivity index (χ3v) is 5.20. The Morgan fingerprint density at radius 3 is 2.88 bits per heavy atom. The Morgan fingerprint density at radius 1 is 1.28 bits per heavy atom. The molecule has 0 unspecified atom stereocenters. The van der Waals surface area contributed by atoms with E-state index >= 15 is 0 Å². The number of amides is 1. The summed E-state index contributed by atoms with van der Waals surface area (Å²) in [6.07, 6.45) is 4.03. The quantitative estimate of drug-likeness (QED) is 0.745. The Labute approximate surface area is 148 Å². The van der Waals surface area contributed by atoms with E-state index in [1.54, 1.807) is 0 Å². The maximum atomic E-state index is 12.1. The van der Waals surface area contributed by atoms with Crippen LogP contribution in [0.3, 0.4) is 0 Å². The van der Waals surface area contributed by atoms with Crippen molar-refractivity contribution in [1.29, 1.82) is 0 Å². The predicted molar refractivity (Wildman–Crippen MR) is 89.2 cm³/mol. The highest BCUT2D eigenvalue weighted by atomic mass is 32.2. The molecule has 0 radical (unpaired) electrons. The van der Waals surface area contributed by atoms with Crippen LogP contribution < -0.4 is 5.32 Å². The first kappa shape index (κ1) is 16.5. The van der Waals surface area contributed by atoms with E-state index in [1.165, 1.54) is 24.6 Å². The molecule has 9 nitrogen and oxygen atoms in total. The van der Waals surface area contributed by atoms with Crippen LogP contribution in [-0.2, 0) is 16.1 Å². The van der Waals surface area contributed by atoms with Crippen molar-refractivity contribution in [2.24, 2.45) is 0 Å². The van der Waals surface area contributed by atoms with Gasteiger partial charge in [-0.05, 0) is 32.6 Å². The van der Waals surface area contributed by atoms with E-state index in [0.29, 0.717) is 18.4 Å². The summed E-state index contributed by atoms with van der Waals surface area (Å²) < 4.78 is 13.0. The lowest BCUT2D eigenvalue weighted by atomic mass is 10.2. The first-order valence-corrected chi connectivity index (χ1v) is 9.54. The van der Waals surface area contributed by atoms with E-state index < -0.39 is 0 Å². The van der Waals surface area contributed by atoms with Gasteiger partial charge in [0.2, 0.25) is 11.8 Å². The van der Waals surface area contributed by atoms with E-state index in [0.717, 1.165) is 30.4 Å². The molecule has 1 amide bonds. The third kappa shape index (κ3) is 3.69. The molecule has 0 spiro atoms. The fourth-order valence-corrected chi connectivity index (χ4v) is 3.63. The number of anilines is 1.